The molecule has 26 heavy (non-hydrogen) atoms. The van der Waals surface area contributed by atoms with E-state index >= 15 is 0 Å². The monoisotopic (exact) mass is 375 g/mol. The highest BCUT2D eigenvalue weighted by atomic mass is 32.2. The maximum atomic E-state index is 12.6. The number of hydrogen-bond acceptors (Lipinski definition) is 4. The molecule has 1 saturated heterocycles. The largest absolute Gasteiger partial charge is 0.481 e. The fourth-order valence-corrected chi connectivity index (χ4v) is 5.29. The minimum Gasteiger partial charge on any atom is -0.481 e. The van der Waals surface area contributed by atoms with E-state index in [1.807, 2.05) is 30.3 Å². The summed E-state index contributed by atoms with van der Waals surface area (Å²) in [6.07, 6.45) is 1.21. The Balaban J connectivity index is 1.93. The number of amides is 1. The van der Waals surface area contributed by atoms with E-state index in [0.29, 0.717) is 18.4 Å². The van der Waals surface area contributed by atoms with Gasteiger partial charge in [-0.05, 0) is 29.2 Å². The quantitative estimate of drug-likeness (QED) is 0.836. The maximum absolute atomic E-state index is 12.6. The standard InChI is InChI=1S/C19H21NO5S/c21-18(22)12-16(15-9-5-7-13-6-1-2-8-14(13)15)20-19(23)17-10-3-4-11-26(17,24)25/h1-2,5-9,16-17H,3-4,10-12H2,(H,20,23)(H,21,22)/t16-,17?/m1/s1. The van der Waals surface area contributed by atoms with Crippen molar-refractivity contribution >= 4 is 32.5 Å². The average molecular weight is 375 g/mol. The molecule has 2 N–H and O–H groups in total. The van der Waals surface area contributed by atoms with Gasteiger partial charge in [0, 0.05) is 0 Å². The molecule has 0 aliphatic carbocycles. The van der Waals surface area contributed by atoms with E-state index in [-0.39, 0.29) is 18.6 Å². The van der Waals surface area contributed by atoms with Crippen molar-refractivity contribution in [3.05, 3.63) is 48.0 Å². The number of benzene rings is 2. The highest BCUT2D eigenvalue weighted by Gasteiger charge is 2.36. The molecule has 1 amide bonds. The van der Waals surface area contributed by atoms with Crippen LogP contribution in [0.4, 0.5) is 0 Å². The second kappa shape index (κ2) is 7.45. The lowest BCUT2D eigenvalue weighted by Crippen LogP contribution is -2.44. The Morgan fingerprint density at radius 2 is 1.85 bits per heavy atom. The second-order valence-electron chi connectivity index (χ2n) is 6.58. The molecule has 2 atom stereocenters. The van der Waals surface area contributed by atoms with Gasteiger partial charge in [-0.1, -0.05) is 48.9 Å². The zero-order chi connectivity index (χ0) is 18.7. The number of rotatable bonds is 5. The van der Waals surface area contributed by atoms with Crippen LogP contribution in [0.2, 0.25) is 0 Å². The van der Waals surface area contributed by atoms with Crippen molar-refractivity contribution < 1.29 is 23.1 Å². The van der Waals surface area contributed by atoms with Crippen LogP contribution in [-0.4, -0.2) is 36.4 Å². The van der Waals surface area contributed by atoms with Crippen molar-refractivity contribution in [2.75, 3.05) is 5.75 Å². The van der Waals surface area contributed by atoms with E-state index in [1.165, 1.54) is 0 Å². The lowest BCUT2D eigenvalue weighted by molar-refractivity contribution is -0.137. The van der Waals surface area contributed by atoms with Gasteiger partial charge in [0.15, 0.2) is 9.84 Å². The molecule has 6 nitrogen and oxygen atoms in total. The normalized spacial score (nSPS) is 20.4. The molecule has 1 aliphatic heterocycles. The molecule has 0 aromatic heterocycles. The van der Waals surface area contributed by atoms with Gasteiger partial charge in [-0.25, -0.2) is 8.42 Å². The Bertz CT molecular complexity index is 933. The summed E-state index contributed by atoms with van der Waals surface area (Å²) >= 11 is 0. The number of carbonyl (C=O) groups excluding carboxylic acids is 1. The first kappa shape index (κ1) is 18.4. The number of carbonyl (C=O) groups is 2. The minimum atomic E-state index is -3.48. The zero-order valence-corrected chi connectivity index (χ0v) is 15.0. The van der Waals surface area contributed by atoms with Crippen LogP contribution in [0.1, 0.15) is 37.3 Å². The molecule has 1 unspecified atom stereocenters. The van der Waals surface area contributed by atoms with E-state index in [4.69, 9.17) is 0 Å². The van der Waals surface area contributed by atoms with Crippen LogP contribution in [0.15, 0.2) is 42.5 Å². The van der Waals surface area contributed by atoms with Crippen molar-refractivity contribution in [2.24, 2.45) is 0 Å². The first-order valence-electron chi connectivity index (χ1n) is 8.60. The van der Waals surface area contributed by atoms with Crippen LogP contribution in [0.3, 0.4) is 0 Å². The Morgan fingerprint density at radius 1 is 1.12 bits per heavy atom. The third-order valence-corrected chi connectivity index (χ3v) is 6.94. The highest BCUT2D eigenvalue weighted by molar-refractivity contribution is 7.92. The molecule has 3 rings (SSSR count). The van der Waals surface area contributed by atoms with Gasteiger partial charge in [0.25, 0.3) is 0 Å². The summed E-state index contributed by atoms with van der Waals surface area (Å²) in [7, 11) is -3.48. The molecule has 1 heterocycles. The first-order chi connectivity index (χ1) is 12.4. The summed E-state index contributed by atoms with van der Waals surface area (Å²) in [5, 5.41) is 12.6. The molecule has 2 aromatic carbocycles. The number of fused-ring (bicyclic) bond motifs is 1. The Hall–Kier alpha value is -2.41. The zero-order valence-electron chi connectivity index (χ0n) is 14.2. The molecule has 138 valence electrons. The van der Waals surface area contributed by atoms with Crippen LogP contribution >= 0.6 is 0 Å². The number of carboxylic acids is 1. The van der Waals surface area contributed by atoms with E-state index < -0.39 is 33.0 Å². The molecule has 0 bridgehead atoms. The van der Waals surface area contributed by atoms with Gasteiger partial charge in [0.05, 0.1) is 18.2 Å². The number of nitrogens with one attached hydrogen (secondary N) is 1. The summed E-state index contributed by atoms with van der Waals surface area (Å²) in [4.78, 5) is 24.0. The summed E-state index contributed by atoms with van der Waals surface area (Å²) in [5.74, 6) is -1.67. The van der Waals surface area contributed by atoms with Crippen LogP contribution in [-0.2, 0) is 19.4 Å². The van der Waals surface area contributed by atoms with E-state index in [0.717, 1.165) is 10.8 Å². The SMILES string of the molecule is O=C(O)C[C@@H](NC(=O)C1CCCCS1(=O)=O)c1cccc2ccccc12. The number of aliphatic carboxylic acids is 1. The summed E-state index contributed by atoms with van der Waals surface area (Å²) in [5.41, 5.74) is 0.673. The lowest BCUT2D eigenvalue weighted by Gasteiger charge is -2.25. The molecular weight excluding hydrogens is 354 g/mol. The predicted molar refractivity (Wildman–Crippen MR) is 98.5 cm³/mol. The van der Waals surface area contributed by atoms with Crippen molar-refractivity contribution in [1.29, 1.82) is 0 Å². The smallest absolute Gasteiger partial charge is 0.305 e. The van der Waals surface area contributed by atoms with Crippen molar-refractivity contribution in [2.45, 2.75) is 37.0 Å². The van der Waals surface area contributed by atoms with E-state index in [1.54, 1.807) is 12.1 Å². The van der Waals surface area contributed by atoms with Gasteiger partial charge in [0.2, 0.25) is 5.91 Å². The summed E-state index contributed by atoms with van der Waals surface area (Å²) < 4.78 is 24.4. The fourth-order valence-electron chi connectivity index (χ4n) is 3.48. The maximum Gasteiger partial charge on any atom is 0.305 e. The van der Waals surface area contributed by atoms with Gasteiger partial charge in [-0.15, -0.1) is 0 Å². The van der Waals surface area contributed by atoms with E-state index in [2.05, 4.69) is 5.32 Å². The summed E-state index contributed by atoms with van der Waals surface area (Å²) in [6.45, 7) is 0. The molecule has 0 radical (unpaired) electrons. The molecule has 1 fully saturated rings. The summed E-state index contributed by atoms with van der Waals surface area (Å²) in [6, 6.07) is 12.2. The van der Waals surface area contributed by atoms with Gasteiger partial charge < -0.3 is 10.4 Å². The molecule has 2 aromatic rings. The second-order valence-corrected chi connectivity index (χ2v) is 8.88. The van der Waals surface area contributed by atoms with E-state index in [9.17, 15) is 23.1 Å². The van der Waals surface area contributed by atoms with Gasteiger partial charge in [-0.3, -0.25) is 9.59 Å². The number of carboxylic acid groups (broad SMARTS) is 1. The molecule has 0 spiro atoms. The Morgan fingerprint density at radius 3 is 2.58 bits per heavy atom. The third-order valence-electron chi connectivity index (χ3n) is 4.77. The first-order valence-corrected chi connectivity index (χ1v) is 10.3. The van der Waals surface area contributed by atoms with Gasteiger partial charge in [-0.2, -0.15) is 0 Å². The third kappa shape index (κ3) is 3.88. The van der Waals surface area contributed by atoms with Crippen molar-refractivity contribution in [3.63, 3.8) is 0 Å². The fraction of sp³-hybridized carbons (Fsp3) is 0.368. The average Bonchev–Trinajstić information content (AvgIpc) is 2.59. The van der Waals surface area contributed by atoms with Gasteiger partial charge >= 0.3 is 5.97 Å². The lowest BCUT2D eigenvalue weighted by atomic mass is 9.96. The molecule has 0 saturated carbocycles. The Labute approximate surface area is 152 Å². The molecule has 7 heteroatoms. The molecule has 1 aliphatic rings. The van der Waals surface area contributed by atoms with Crippen molar-refractivity contribution in [1.82, 2.24) is 5.32 Å². The highest BCUT2D eigenvalue weighted by Crippen LogP contribution is 2.28. The Kier molecular flexibility index (Phi) is 5.27. The van der Waals surface area contributed by atoms with Crippen LogP contribution in [0, 0.1) is 0 Å². The van der Waals surface area contributed by atoms with Crippen LogP contribution in [0.5, 0.6) is 0 Å². The number of hydrogen-bond donors (Lipinski definition) is 2. The van der Waals surface area contributed by atoms with Crippen LogP contribution in [0.25, 0.3) is 10.8 Å². The van der Waals surface area contributed by atoms with Crippen LogP contribution < -0.4 is 5.32 Å². The molecular formula is C19H21NO5S. The number of sulfone groups is 1. The van der Waals surface area contributed by atoms with Crippen molar-refractivity contribution in [3.8, 4) is 0 Å². The van der Waals surface area contributed by atoms with Gasteiger partial charge in [0.1, 0.15) is 5.25 Å². The topological polar surface area (TPSA) is 101 Å². The predicted octanol–water partition coefficient (Wildman–Crippen LogP) is 2.44. The minimum absolute atomic E-state index is 0.00293.